The number of nitrogens with zero attached hydrogens (tertiary/aromatic N) is 2. The van der Waals surface area contributed by atoms with Crippen LogP contribution < -0.4 is 4.74 Å². The smallest absolute Gasteiger partial charge is 0.321 e. The van der Waals surface area contributed by atoms with Crippen LogP contribution >= 0.6 is 15.9 Å². The number of aromatic nitrogens is 2. The summed E-state index contributed by atoms with van der Waals surface area (Å²) in [5.74, 6) is 0.826. The van der Waals surface area contributed by atoms with Crippen LogP contribution in [0.3, 0.4) is 0 Å². The van der Waals surface area contributed by atoms with Crippen molar-refractivity contribution in [3.63, 3.8) is 0 Å². The molecule has 0 saturated heterocycles. The molecule has 0 fully saturated rings. The Labute approximate surface area is 121 Å². The molecule has 0 aliphatic heterocycles. The Hall–Kier alpha value is -1.42. The van der Waals surface area contributed by atoms with Gasteiger partial charge < -0.3 is 4.74 Å². The fourth-order valence-corrected chi connectivity index (χ4v) is 2.63. The van der Waals surface area contributed by atoms with Crippen LogP contribution in [0.5, 0.6) is 11.8 Å². The molecule has 3 rings (SSSR count). The molecule has 0 radical (unpaired) electrons. The number of halogens is 1. The highest BCUT2D eigenvalue weighted by Crippen LogP contribution is 2.27. The molecule has 1 aliphatic rings. The summed E-state index contributed by atoms with van der Waals surface area (Å²) in [6.45, 7) is 0. The highest BCUT2D eigenvalue weighted by atomic mass is 79.9. The Bertz CT molecular complexity index is 569. The van der Waals surface area contributed by atoms with Crippen molar-refractivity contribution in [3.05, 3.63) is 47.3 Å². The molecule has 0 atom stereocenters. The van der Waals surface area contributed by atoms with E-state index in [-0.39, 0.29) is 0 Å². The quantitative estimate of drug-likeness (QED) is 0.801. The number of alkyl halides is 1. The molecule has 0 unspecified atom stereocenters. The second kappa shape index (κ2) is 5.70. The minimum Gasteiger partial charge on any atom is -0.424 e. The lowest BCUT2D eigenvalue weighted by molar-refractivity contribution is 0.440. The molecule has 1 aliphatic carbocycles. The molecular formula is C15H15BrN2O. The number of rotatable bonds is 3. The summed E-state index contributed by atoms with van der Waals surface area (Å²) in [4.78, 5) is 8.39. The van der Waals surface area contributed by atoms with Crippen LogP contribution in [0.1, 0.15) is 29.5 Å². The van der Waals surface area contributed by atoms with Crippen molar-refractivity contribution >= 4 is 15.9 Å². The van der Waals surface area contributed by atoms with Crippen molar-refractivity contribution in [2.45, 2.75) is 31.0 Å². The fraction of sp³-hybridized carbons (Fsp3) is 0.333. The van der Waals surface area contributed by atoms with Gasteiger partial charge in [-0.25, -0.2) is 9.97 Å². The lowest BCUT2D eigenvalue weighted by Gasteiger charge is -2.16. The molecule has 0 spiro atoms. The molecule has 0 N–H and O–H groups in total. The first kappa shape index (κ1) is 12.6. The lowest BCUT2D eigenvalue weighted by Crippen LogP contribution is -2.02. The van der Waals surface area contributed by atoms with Gasteiger partial charge in [-0.3, -0.25) is 0 Å². The summed E-state index contributed by atoms with van der Waals surface area (Å²) in [5, 5.41) is 0.756. The van der Waals surface area contributed by atoms with Crippen LogP contribution in [0.2, 0.25) is 0 Å². The van der Waals surface area contributed by atoms with Gasteiger partial charge in [-0.15, -0.1) is 0 Å². The van der Waals surface area contributed by atoms with E-state index in [4.69, 9.17) is 4.74 Å². The van der Waals surface area contributed by atoms with E-state index in [0.717, 1.165) is 23.1 Å². The zero-order valence-electron chi connectivity index (χ0n) is 10.6. The van der Waals surface area contributed by atoms with E-state index >= 15 is 0 Å². The highest BCUT2D eigenvalue weighted by molar-refractivity contribution is 9.08. The van der Waals surface area contributed by atoms with Crippen LogP contribution in [-0.4, -0.2) is 9.97 Å². The predicted molar refractivity (Wildman–Crippen MR) is 77.8 cm³/mol. The molecule has 4 heteroatoms. The van der Waals surface area contributed by atoms with Gasteiger partial charge in [-0.2, -0.15) is 0 Å². The van der Waals surface area contributed by atoms with Crippen LogP contribution in [-0.2, 0) is 18.2 Å². The van der Waals surface area contributed by atoms with Crippen molar-refractivity contribution < 1.29 is 4.74 Å². The molecule has 1 aromatic carbocycles. The highest BCUT2D eigenvalue weighted by Gasteiger charge is 2.10. The summed E-state index contributed by atoms with van der Waals surface area (Å²) in [6.07, 6.45) is 8.45. The SMILES string of the molecule is BrCc1cnc(Oc2ccc3c(c2)CCCC3)nc1. The van der Waals surface area contributed by atoms with E-state index in [9.17, 15) is 0 Å². The van der Waals surface area contributed by atoms with E-state index < -0.39 is 0 Å². The van der Waals surface area contributed by atoms with Gasteiger partial charge >= 0.3 is 6.01 Å². The minimum absolute atomic E-state index is 0.403. The van der Waals surface area contributed by atoms with Crippen molar-refractivity contribution in [1.82, 2.24) is 9.97 Å². The monoisotopic (exact) mass is 318 g/mol. The summed E-state index contributed by atoms with van der Waals surface area (Å²) >= 11 is 3.37. The van der Waals surface area contributed by atoms with Crippen molar-refractivity contribution in [2.24, 2.45) is 0 Å². The fourth-order valence-electron chi connectivity index (χ4n) is 2.34. The van der Waals surface area contributed by atoms with Crippen LogP contribution in [0, 0.1) is 0 Å². The number of benzene rings is 1. The number of fused-ring (bicyclic) bond motifs is 1. The Balaban J connectivity index is 1.78. The lowest BCUT2D eigenvalue weighted by atomic mass is 9.92. The molecule has 0 amide bonds. The summed E-state index contributed by atoms with van der Waals surface area (Å²) in [6, 6.07) is 6.69. The predicted octanol–water partition coefficient (Wildman–Crippen LogP) is 4.04. The molecule has 98 valence electrons. The topological polar surface area (TPSA) is 35.0 Å². The maximum absolute atomic E-state index is 5.71. The Morgan fingerprint density at radius 2 is 1.79 bits per heavy atom. The molecule has 0 bridgehead atoms. The number of aryl methyl sites for hydroxylation is 2. The maximum atomic E-state index is 5.71. The summed E-state index contributed by atoms with van der Waals surface area (Å²) in [5.41, 5.74) is 3.90. The van der Waals surface area contributed by atoms with Gasteiger partial charge in [0, 0.05) is 17.7 Å². The molecule has 3 nitrogen and oxygen atoms in total. The molecular weight excluding hydrogens is 304 g/mol. The normalized spacial score (nSPS) is 13.9. The molecule has 19 heavy (non-hydrogen) atoms. The Kier molecular flexibility index (Phi) is 3.78. The maximum Gasteiger partial charge on any atom is 0.321 e. The van der Waals surface area contributed by atoms with E-state index in [1.807, 2.05) is 6.07 Å². The minimum atomic E-state index is 0.403. The third-order valence-corrected chi connectivity index (χ3v) is 4.01. The largest absolute Gasteiger partial charge is 0.424 e. The zero-order chi connectivity index (χ0) is 13.1. The van der Waals surface area contributed by atoms with Gasteiger partial charge in [0.2, 0.25) is 0 Å². The average Bonchev–Trinajstić information content (AvgIpc) is 2.48. The Morgan fingerprint density at radius 1 is 1.05 bits per heavy atom. The van der Waals surface area contributed by atoms with Crippen molar-refractivity contribution in [3.8, 4) is 11.8 Å². The number of ether oxygens (including phenoxy) is 1. The van der Waals surface area contributed by atoms with E-state index in [1.165, 1.54) is 30.4 Å². The van der Waals surface area contributed by atoms with E-state index in [0.29, 0.717) is 6.01 Å². The van der Waals surface area contributed by atoms with Crippen molar-refractivity contribution in [1.29, 1.82) is 0 Å². The summed E-state index contributed by atoms with van der Waals surface area (Å²) < 4.78 is 5.71. The van der Waals surface area contributed by atoms with Crippen LogP contribution in [0.15, 0.2) is 30.6 Å². The standard InChI is InChI=1S/C15H15BrN2O/c16-8-11-9-17-15(18-10-11)19-14-6-5-12-3-1-2-4-13(12)7-14/h5-7,9-10H,1-4,8H2. The van der Waals surface area contributed by atoms with Gasteiger partial charge in [-0.1, -0.05) is 22.0 Å². The van der Waals surface area contributed by atoms with E-state index in [1.54, 1.807) is 12.4 Å². The first-order valence-electron chi connectivity index (χ1n) is 6.52. The second-order valence-electron chi connectivity index (χ2n) is 4.75. The Morgan fingerprint density at radius 3 is 2.53 bits per heavy atom. The van der Waals surface area contributed by atoms with E-state index in [2.05, 4.69) is 38.0 Å². The molecule has 1 aromatic heterocycles. The molecule has 0 saturated carbocycles. The van der Waals surface area contributed by atoms with Crippen LogP contribution in [0.4, 0.5) is 0 Å². The van der Waals surface area contributed by atoms with Gasteiger partial charge in [0.1, 0.15) is 5.75 Å². The van der Waals surface area contributed by atoms with Crippen molar-refractivity contribution in [2.75, 3.05) is 0 Å². The zero-order valence-corrected chi connectivity index (χ0v) is 12.2. The summed E-state index contributed by atoms with van der Waals surface area (Å²) in [7, 11) is 0. The molecule has 1 heterocycles. The third-order valence-electron chi connectivity index (χ3n) is 3.37. The van der Waals surface area contributed by atoms with Gasteiger partial charge in [0.05, 0.1) is 0 Å². The van der Waals surface area contributed by atoms with Gasteiger partial charge in [0.15, 0.2) is 0 Å². The third kappa shape index (κ3) is 2.95. The number of hydrogen-bond acceptors (Lipinski definition) is 3. The second-order valence-corrected chi connectivity index (χ2v) is 5.31. The average molecular weight is 319 g/mol. The first-order chi connectivity index (χ1) is 9.35. The van der Waals surface area contributed by atoms with Gasteiger partial charge in [-0.05, 0) is 54.5 Å². The molecule has 2 aromatic rings. The number of hydrogen-bond donors (Lipinski definition) is 0. The van der Waals surface area contributed by atoms with Crippen LogP contribution in [0.25, 0.3) is 0 Å². The van der Waals surface area contributed by atoms with Gasteiger partial charge in [0.25, 0.3) is 0 Å². The first-order valence-corrected chi connectivity index (χ1v) is 7.64.